The summed E-state index contributed by atoms with van der Waals surface area (Å²) in [5, 5.41) is 14.2. The van der Waals surface area contributed by atoms with E-state index in [4.69, 9.17) is 10.5 Å². The van der Waals surface area contributed by atoms with E-state index >= 15 is 0 Å². The third-order valence-corrected chi connectivity index (χ3v) is 4.28. The molecule has 1 atom stereocenters. The molecule has 0 fully saturated rings. The highest BCUT2D eigenvalue weighted by molar-refractivity contribution is 5.91. The standard InChI is InChI=1S/C19H20N4O4/c1-3-22(2)19(26)16(24)6-4-12-5-7-17-15(10-12)23-13(8-9-27-17)11-14(21-23)18(20)25/h5,7,10-11,16,24H,3,8-9H2,1-2H3,(H2,20,25). The molecule has 1 aromatic heterocycles. The summed E-state index contributed by atoms with van der Waals surface area (Å²) in [7, 11) is 1.60. The Bertz CT molecular complexity index is 954. The van der Waals surface area contributed by atoms with E-state index in [9.17, 15) is 14.7 Å². The minimum Gasteiger partial charge on any atom is -0.491 e. The van der Waals surface area contributed by atoms with E-state index in [0.29, 0.717) is 36.6 Å². The summed E-state index contributed by atoms with van der Waals surface area (Å²) in [4.78, 5) is 24.7. The molecule has 8 nitrogen and oxygen atoms in total. The van der Waals surface area contributed by atoms with Crippen molar-refractivity contribution in [3.63, 3.8) is 0 Å². The van der Waals surface area contributed by atoms with Crippen LogP contribution in [-0.2, 0) is 11.2 Å². The number of nitrogens with two attached hydrogens (primary N) is 1. The van der Waals surface area contributed by atoms with Crippen LogP contribution >= 0.6 is 0 Å². The summed E-state index contributed by atoms with van der Waals surface area (Å²) >= 11 is 0. The fraction of sp³-hybridized carbons (Fsp3) is 0.316. The van der Waals surface area contributed by atoms with Gasteiger partial charge in [0.05, 0.1) is 6.61 Å². The SMILES string of the molecule is CCN(C)C(=O)C(O)C#Cc1ccc2c(c1)-n1nc(C(N)=O)cc1CCO2. The molecular formula is C19H20N4O4. The second-order valence-corrected chi connectivity index (χ2v) is 6.10. The van der Waals surface area contributed by atoms with E-state index in [1.807, 2.05) is 6.92 Å². The Morgan fingerprint density at radius 1 is 1.44 bits per heavy atom. The Hall–Kier alpha value is -3.31. The van der Waals surface area contributed by atoms with Crippen LogP contribution in [0.5, 0.6) is 5.75 Å². The van der Waals surface area contributed by atoms with Gasteiger partial charge in [0.15, 0.2) is 11.8 Å². The van der Waals surface area contributed by atoms with E-state index in [1.54, 1.807) is 36.0 Å². The number of rotatable bonds is 3. The Morgan fingerprint density at radius 3 is 2.93 bits per heavy atom. The van der Waals surface area contributed by atoms with Crippen molar-refractivity contribution in [2.75, 3.05) is 20.2 Å². The molecule has 2 heterocycles. The molecule has 3 rings (SSSR count). The number of ether oxygens (including phenoxy) is 1. The lowest BCUT2D eigenvalue weighted by Gasteiger charge is -2.15. The number of fused-ring (bicyclic) bond motifs is 3. The molecule has 1 aliphatic rings. The Labute approximate surface area is 156 Å². The summed E-state index contributed by atoms with van der Waals surface area (Å²) in [6.45, 7) is 2.74. The van der Waals surface area contributed by atoms with Crippen molar-refractivity contribution >= 4 is 11.8 Å². The van der Waals surface area contributed by atoms with E-state index in [1.165, 1.54) is 4.90 Å². The van der Waals surface area contributed by atoms with Crippen LogP contribution in [0.15, 0.2) is 24.3 Å². The maximum absolute atomic E-state index is 11.9. The number of hydrogen-bond acceptors (Lipinski definition) is 5. The molecule has 2 amide bonds. The van der Waals surface area contributed by atoms with Gasteiger partial charge < -0.3 is 20.5 Å². The number of aliphatic hydroxyl groups is 1. The summed E-state index contributed by atoms with van der Waals surface area (Å²) in [6, 6.07) is 6.85. The second kappa shape index (κ2) is 7.51. The van der Waals surface area contributed by atoms with E-state index in [2.05, 4.69) is 16.9 Å². The summed E-state index contributed by atoms with van der Waals surface area (Å²) < 4.78 is 7.33. The number of amides is 2. The normalized spacial score (nSPS) is 13.1. The van der Waals surface area contributed by atoms with Gasteiger partial charge >= 0.3 is 0 Å². The van der Waals surface area contributed by atoms with Crippen LogP contribution in [-0.4, -0.2) is 57.9 Å². The minimum atomic E-state index is -1.40. The quantitative estimate of drug-likeness (QED) is 0.747. The Morgan fingerprint density at radius 2 is 2.22 bits per heavy atom. The van der Waals surface area contributed by atoms with Gasteiger partial charge in [-0.1, -0.05) is 11.8 Å². The molecule has 2 aromatic rings. The first kappa shape index (κ1) is 18.5. The van der Waals surface area contributed by atoms with Crippen LogP contribution < -0.4 is 10.5 Å². The lowest BCUT2D eigenvalue weighted by Crippen LogP contribution is -2.35. The zero-order valence-corrected chi connectivity index (χ0v) is 15.1. The van der Waals surface area contributed by atoms with Crippen molar-refractivity contribution in [1.29, 1.82) is 0 Å². The molecule has 3 N–H and O–H groups in total. The lowest BCUT2D eigenvalue weighted by molar-refractivity contribution is -0.135. The van der Waals surface area contributed by atoms with Crippen LogP contribution in [0.2, 0.25) is 0 Å². The van der Waals surface area contributed by atoms with Gasteiger partial charge in [-0.05, 0) is 31.2 Å². The lowest BCUT2D eigenvalue weighted by atomic mass is 10.1. The third-order valence-electron chi connectivity index (χ3n) is 4.28. The minimum absolute atomic E-state index is 0.179. The van der Waals surface area contributed by atoms with E-state index < -0.39 is 17.9 Å². The molecule has 0 saturated carbocycles. The molecule has 27 heavy (non-hydrogen) atoms. The van der Waals surface area contributed by atoms with Gasteiger partial charge in [0.2, 0.25) is 0 Å². The maximum atomic E-state index is 11.9. The molecule has 1 aromatic carbocycles. The first-order valence-electron chi connectivity index (χ1n) is 8.51. The van der Waals surface area contributed by atoms with Crippen molar-refractivity contribution in [3.05, 3.63) is 41.2 Å². The van der Waals surface area contributed by atoms with Crippen molar-refractivity contribution < 1.29 is 19.4 Å². The number of aromatic nitrogens is 2. The topological polar surface area (TPSA) is 111 Å². The highest BCUT2D eigenvalue weighted by Gasteiger charge is 2.20. The number of hydrogen-bond donors (Lipinski definition) is 2. The van der Waals surface area contributed by atoms with Crippen molar-refractivity contribution in [1.82, 2.24) is 14.7 Å². The van der Waals surface area contributed by atoms with Crippen molar-refractivity contribution in [2.24, 2.45) is 5.73 Å². The predicted octanol–water partition coefficient (Wildman–Crippen LogP) is 0.0968. The number of aliphatic hydroxyl groups excluding tert-OH is 1. The smallest absolute Gasteiger partial charge is 0.269 e. The van der Waals surface area contributed by atoms with Gasteiger partial charge in [-0.25, -0.2) is 4.68 Å². The third kappa shape index (κ3) is 3.78. The maximum Gasteiger partial charge on any atom is 0.269 e. The molecule has 0 saturated heterocycles. The molecule has 0 radical (unpaired) electrons. The highest BCUT2D eigenvalue weighted by Crippen LogP contribution is 2.28. The monoisotopic (exact) mass is 368 g/mol. The fourth-order valence-electron chi connectivity index (χ4n) is 2.65. The molecule has 140 valence electrons. The number of nitrogens with zero attached hydrogens (tertiary/aromatic N) is 3. The summed E-state index contributed by atoms with van der Waals surface area (Å²) in [6.07, 6.45) is -0.821. The zero-order chi connectivity index (χ0) is 19.6. The number of carbonyl (C=O) groups is 2. The van der Waals surface area contributed by atoms with Crippen LogP contribution in [0.25, 0.3) is 5.69 Å². The number of carbonyl (C=O) groups excluding carboxylic acids is 2. The molecule has 0 bridgehead atoms. The molecule has 0 aliphatic carbocycles. The Kier molecular flexibility index (Phi) is 5.14. The first-order valence-corrected chi connectivity index (χ1v) is 8.51. The Balaban J connectivity index is 1.95. The number of likely N-dealkylation sites (N-methyl/N-ethyl adjacent to an activating group) is 1. The largest absolute Gasteiger partial charge is 0.491 e. The van der Waals surface area contributed by atoms with Gasteiger partial charge in [0, 0.05) is 31.3 Å². The first-order chi connectivity index (χ1) is 12.9. The average Bonchev–Trinajstić information content (AvgIpc) is 3.02. The molecule has 1 aliphatic heterocycles. The summed E-state index contributed by atoms with van der Waals surface area (Å²) in [5.41, 5.74) is 7.50. The van der Waals surface area contributed by atoms with Gasteiger partial charge in [0.25, 0.3) is 11.8 Å². The van der Waals surface area contributed by atoms with E-state index in [0.717, 1.165) is 5.69 Å². The van der Waals surface area contributed by atoms with Crippen molar-refractivity contribution in [3.8, 4) is 23.3 Å². The number of benzene rings is 1. The van der Waals surface area contributed by atoms with Crippen LogP contribution in [0.4, 0.5) is 0 Å². The van der Waals surface area contributed by atoms with Crippen LogP contribution in [0.3, 0.4) is 0 Å². The predicted molar refractivity (Wildman–Crippen MR) is 97.5 cm³/mol. The van der Waals surface area contributed by atoms with Gasteiger partial charge in [-0.2, -0.15) is 5.10 Å². The molecule has 1 unspecified atom stereocenters. The number of primary amides is 1. The fourth-order valence-corrected chi connectivity index (χ4v) is 2.65. The van der Waals surface area contributed by atoms with Gasteiger partial charge in [0.1, 0.15) is 11.4 Å². The molecular weight excluding hydrogens is 348 g/mol. The van der Waals surface area contributed by atoms with Crippen LogP contribution in [0.1, 0.15) is 28.7 Å². The van der Waals surface area contributed by atoms with Crippen LogP contribution in [0, 0.1) is 11.8 Å². The van der Waals surface area contributed by atoms with Gasteiger partial charge in [-0.15, -0.1) is 0 Å². The molecule has 8 heteroatoms. The molecule has 0 spiro atoms. The van der Waals surface area contributed by atoms with E-state index in [-0.39, 0.29) is 5.69 Å². The average molecular weight is 368 g/mol. The zero-order valence-electron chi connectivity index (χ0n) is 15.1. The summed E-state index contributed by atoms with van der Waals surface area (Å²) in [5.74, 6) is 4.89. The van der Waals surface area contributed by atoms with Gasteiger partial charge in [-0.3, -0.25) is 9.59 Å². The highest BCUT2D eigenvalue weighted by atomic mass is 16.5. The van der Waals surface area contributed by atoms with Crippen molar-refractivity contribution in [2.45, 2.75) is 19.4 Å². The second-order valence-electron chi connectivity index (χ2n) is 6.10.